The summed E-state index contributed by atoms with van der Waals surface area (Å²) < 4.78 is 19.0. The lowest BCUT2D eigenvalue weighted by Gasteiger charge is -2.17. The molecule has 10 heteroatoms. The van der Waals surface area contributed by atoms with Crippen molar-refractivity contribution in [3.05, 3.63) is 94.6 Å². The fraction of sp³-hybridized carbons (Fsp3) is 0.143. The lowest BCUT2D eigenvalue weighted by atomic mass is 10.1. The Labute approximate surface area is 228 Å². The number of thioether (sulfide) groups is 1. The smallest absolute Gasteiger partial charge is 0.267 e. The normalized spacial score (nSPS) is 16.7. The van der Waals surface area contributed by atoms with E-state index in [4.69, 9.17) is 17.0 Å². The molecule has 0 aliphatic carbocycles. The Morgan fingerprint density at radius 3 is 2.39 bits per heavy atom. The van der Waals surface area contributed by atoms with Gasteiger partial charge in [-0.3, -0.25) is 24.2 Å². The van der Waals surface area contributed by atoms with E-state index in [1.165, 1.54) is 21.9 Å². The number of nitrogens with one attached hydrogen (secondary N) is 1. The Morgan fingerprint density at radius 2 is 1.68 bits per heavy atom. The molecule has 0 bridgehead atoms. The van der Waals surface area contributed by atoms with Crippen LogP contribution in [-0.2, 0) is 20.9 Å². The fourth-order valence-corrected chi connectivity index (χ4v) is 5.59. The topological polar surface area (TPSA) is 79.0 Å². The Morgan fingerprint density at radius 1 is 0.974 bits per heavy atom. The molecule has 7 nitrogen and oxygen atoms in total. The third kappa shape index (κ3) is 5.05. The molecular weight excluding hydrogens is 525 g/mol. The van der Waals surface area contributed by atoms with E-state index in [2.05, 4.69) is 5.32 Å². The van der Waals surface area contributed by atoms with Crippen LogP contribution in [-0.4, -0.2) is 40.1 Å². The maximum Gasteiger partial charge on any atom is 0.267 e. The first-order chi connectivity index (χ1) is 18.4. The molecule has 0 aromatic heterocycles. The zero-order chi connectivity index (χ0) is 26.8. The van der Waals surface area contributed by atoms with E-state index in [9.17, 15) is 18.8 Å². The minimum absolute atomic E-state index is 0.159. The van der Waals surface area contributed by atoms with Gasteiger partial charge in [0, 0.05) is 11.3 Å². The fourth-order valence-electron chi connectivity index (χ4n) is 4.26. The average Bonchev–Trinajstić information content (AvgIpc) is 3.33. The molecule has 0 atom stereocenters. The highest BCUT2D eigenvalue weighted by molar-refractivity contribution is 8.26. The van der Waals surface area contributed by atoms with Gasteiger partial charge in [0.1, 0.15) is 22.4 Å². The third-order valence-electron chi connectivity index (χ3n) is 6.00. The van der Waals surface area contributed by atoms with Crippen LogP contribution in [0.5, 0.6) is 5.75 Å². The highest BCUT2D eigenvalue weighted by Gasteiger charge is 2.42. The molecule has 3 aromatic carbocycles. The number of nitrogens with zero attached hydrogens (tertiary/aromatic N) is 2. The van der Waals surface area contributed by atoms with Crippen LogP contribution < -0.4 is 15.0 Å². The number of para-hydroxylation sites is 1. The number of ether oxygens (including phenoxy) is 1. The molecule has 0 radical (unpaired) electrons. The maximum absolute atomic E-state index is 13.6. The van der Waals surface area contributed by atoms with Crippen LogP contribution in [0.15, 0.2) is 77.7 Å². The van der Waals surface area contributed by atoms with Crippen LogP contribution in [0.3, 0.4) is 0 Å². The van der Waals surface area contributed by atoms with Crippen molar-refractivity contribution in [2.45, 2.75) is 13.5 Å². The third-order valence-corrected chi connectivity index (χ3v) is 7.45. The Hall–Kier alpha value is -4.02. The quantitative estimate of drug-likeness (QED) is 0.332. The first kappa shape index (κ1) is 25.6. The number of thiocarbonyl (C=S) groups is 1. The minimum atomic E-state index is -0.449. The second kappa shape index (κ2) is 10.8. The number of fused-ring (bicyclic) bond motifs is 1. The molecular formula is C28H22FN3O4S2. The summed E-state index contributed by atoms with van der Waals surface area (Å²) in [6.07, 6.45) is 0. The predicted molar refractivity (Wildman–Crippen MR) is 149 cm³/mol. The van der Waals surface area contributed by atoms with Gasteiger partial charge in [0.25, 0.3) is 11.8 Å². The Bertz CT molecular complexity index is 1470. The number of rotatable bonds is 7. The van der Waals surface area contributed by atoms with Crippen LogP contribution in [0.2, 0.25) is 0 Å². The standard InChI is InChI=1S/C28H22FN3O4S2/c1-2-36-20-13-11-19(12-14-20)30-23(33)16-31-22-6-4-3-5-21(22)24(26(31)34)25-27(35)32(28(37)38-25)15-17-7-9-18(29)10-8-17/h3-14H,2,15-16H2,1H3,(H,30,33). The predicted octanol–water partition coefficient (Wildman–Crippen LogP) is 4.98. The molecule has 1 fully saturated rings. The molecule has 2 aliphatic rings. The van der Waals surface area contributed by atoms with Crippen molar-refractivity contribution in [1.29, 1.82) is 0 Å². The van der Waals surface area contributed by atoms with Gasteiger partial charge in [-0.25, -0.2) is 4.39 Å². The van der Waals surface area contributed by atoms with E-state index in [1.54, 1.807) is 60.7 Å². The molecule has 2 heterocycles. The molecule has 192 valence electrons. The van der Waals surface area contributed by atoms with Gasteiger partial charge in [-0.1, -0.05) is 54.3 Å². The molecule has 2 aliphatic heterocycles. The second-order valence-corrected chi connectivity index (χ2v) is 10.1. The van der Waals surface area contributed by atoms with Crippen molar-refractivity contribution in [2.24, 2.45) is 0 Å². The van der Waals surface area contributed by atoms with Gasteiger partial charge >= 0.3 is 0 Å². The van der Waals surface area contributed by atoms with E-state index in [0.717, 1.165) is 11.8 Å². The van der Waals surface area contributed by atoms with E-state index < -0.39 is 11.8 Å². The molecule has 5 rings (SSSR count). The SMILES string of the molecule is CCOc1ccc(NC(=O)CN2C(=O)C(=C3SC(=S)N(Cc4ccc(F)cc4)C3=O)c3ccccc32)cc1. The van der Waals surface area contributed by atoms with Crippen molar-refractivity contribution < 1.29 is 23.5 Å². The van der Waals surface area contributed by atoms with E-state index in [0.29, 0.717) is 39.2 Å². The number of carbonyl (C=O) groups is 3. The summed E-state index contributed by atoms with van der Waals surface area (Å²) in [7, 11) is 0. The Kier molecular flexibility index (Phi) is 7.26. The van der Waals surface area contributed by atoms with Crippen LogP contribution >= 0.6 is 24.0 Å². The number of benzene rings is 3. The molecule has 3 aromatic rings. The molecule has 0 spiro atoms. The highest BCUT2D eigenvalue weighted by atomic mass is 32.2. The maximum atomic E-state index is 13.6. The first-order valence-corrected chi connectivity index (χ1v) is 13.0. The van der Waals surface area contributed by atoms with Crippen LogP contribution in [0.1, 0.15) is 18.1 Å². The van der Waals surface area contributed by atoms with Gasteiger partial charge in [0.2, 0.25) is 5.91 Å². The molecule has 0 saturated carbocycles. The molecule has 1 N–H and O–H groups in total. The summed E-state index contributed by atoms with van der Waals surface area (Å²) in [4.78, 5) is 42.9. The molecule has 1 saturated heterocycles. The summed E-state index contributed by atoms with van der Waals surface area (Å²) in [6, 6.07) is 19.8. The van der Waals surface area contributed by atoms with Gasteiger partial charge in [0.15, 0.2) is 0 Å². The zero-order valence-electron chi connectivity index (χ0n) is 20.3. The molecule has 38 heavy (non-hydrogen) atoms. The second-order valence-electron chi connectivity index (χ2n) is 8.50. The summed E-state index contributed by atoms with van der Waals surface area (Å²) in [5.74, 6) is -0.919. The number of amides is 3. The minimum Gasteiger partial charge on any atom is -0.494 e. The summed E-state index contributed by atoms with van der Waals surface area (Å²) in [5.41, 5.74) is 2.60. The molecule has 0 unspecified atom stereocenters. The van der Waals surface area contributed by atoms with Crippen molar-refractivity contribution in [3.8, 4) is 5.75 Å². The first-order valence-electron chi connectivity index (χ1n) is 11.8. The molecule has 3 amide bonds. The number of carbonyl (C=O) groups excluding carboxylic acids is 3. The van der Waals surface area contributed by atoms with Crippen LogP contribution in [0, 0.1) is 5.82 Å². The number of anilines is 2. The average molecular weight is 548 g/mol. The largest absolute Gasteiger partial charge is 0.494 e. The van der Waals surface area contributed by atoms with Crippen LogP contribution in [0.4, 0.5) is 15.8 Å². The van der Waals surface area contributed by atoms with Crippen molar-refractivity contribution in [3.63, 3.8) is 0 Å². The number of hydrogen-bond donors (Lipinski definition) is 1. The lowest BCUT2D eigenvalue weighted by molar-refractivity contribution is -0.122. The van der Waals surface area contributed by atoms with Gasteiger partial charge in [-0.05, 0) is 55.0 Å². The summed E-state index contributed by atoms with van der Waals surface area (Å²) >= 11 is 6.50. The number of hydrogen-bond acceptors (Lipinski definition) is 6. The van der Waals surface area contributed by atoms with E-state index >= 15 is 0 Å². The van der Waals surface area contributed by atoms with Crippen LogP contribution in [0.25, 0.3) is 5.57 Å². The van der Waals surface area contributed by atoms with Crippen molar-refractivity contribution >= 4 is 63.0 Å². The van der Waals surface area contributed by atoms with Crippen molar-refractivity contribution in [1.82, 2.24) is 4.90 Å². The highest BCUT2D eigenvalue weighted by Crippen LogP contribution is 2.44. The number of halogens is 1. The van der Waals surface area contributed by atoms with E-state index in [-0.39, 0.29) is 35.3 Å². The van der Waals surface area contributed by atoms with Gasteiger partial charge in [0.05, 0.1) is 29.3 Å². The van der Waals surface area contributed by atoms with Gasteiger partial charge in [-0.2, -0.15) is 0 Å². The van der Waals surface area contributed by atoms with Gasteiger partial charge in [-0.15, -0.1) is 0 Å². The monoisotopic (exact) mass is 547 g/mol. The van der Waals surface area contributed by atoms with Gasteiger partial charge < -0.3 is 10.1 Å². The Balaban J connectivity index is 1.38. The van der Waals surface area contributed by atoms with E-state index in [1.807, 2.05) is 6.92 Å². The summed E-state index contributed by atoms with van der Waals surface area (Å²) in [6.45, 7) is 2.35. The van der Waals surface area contributed by atoms with Crippen molar-refractivity contribution in [2.75, 3.05) is 23.4 Å². The lowest BCUT2D eigenvalue weighted by Crippen LogP contribution is -2.35. The summed E-state index contributed by atoms with van der Waals surface area (Å²) in [5, 5.41) is 2.80. The zero-order valence-corrected chi connectivity index (χ0v) is 21.9.